The van der Waals surface area contributed by atoms with E-state index in [1.165, 1.54) is 6.92 Å². The Hall–Kier alpha value is -0.820. The van der Waals surface area contributed by atoms with Crippen LogP contribution in [-0.2, 0) is 4.79 Å². The van der Waals surface area contributed by atoms with Gasteiger partial charge in [-0.3, -0.25) is 4.79 Å². The lowest BCUT2D eigenvalue weighted by Crippen LogP contribution is -2.47. The van der Waals surface area contributed by atoms with Crippen molar-refractivity contribution in [3.8, 4) is 0 Å². The van der Waals surface area contributed by atoms with E-state index < -0.39 is 31.3 Å². The van der Waals surface area contributed by atoms with Crippen LogP contribution in [0.2, 0.25) is 0 Å². The molecule has 0 aromatic heterocycles. The molecule has 0 radical (unpaired) electrons. The van der Waals surface area contributed by atoms with Crippen molar-refractivity contribution >= 4 is 5.91 Å². The summed E-state index contributed by atoms with van der Waals surface area (Å²) < 4.78 is 35.8. The van der Waals surface area contributed by atoms with E-state index in [2.05, 4.69) is 0 Å². The summed E-state index contributed by atoms with van der Waals surface area (Å²) in [5, 5.41) is 8.46. The molecule has 14 heavy (non-hydrogen) atoms. The number of carbonyl (C=O) groups is 1. The predicted octanol–water partition coefficient (Wildman–Crippen LogP) is -0.283. The van der Waals surface area contributed by atoms with E-state index in [9.17, 15) is 18.0 Å². The van der Waals surface area contributed by atoms with Gasteiger partial charge in [-0.05, 0) is 6.92 Å². The second-order valence-corrected chi connectivity index (χ2v) is 2.89. The zero-order valence-electron chi connectivity index (χ0n) is 7.71. The molecule has 0 aliphatic rings. The third-order valence-electron chi connectivity index (χ3n) is 1.44. The first-order chi connectivity index (χ1) is 6.28. The molecule has 0 fully saturated rings. The minimum atomic E-state index is -4.47. The Labute approximate surface area is 79.5 Å². The van der Waals surface area contributed by atoms with E-state index in [1.807, 2.05) is 0 Å². The topological polar surface area (TPSA) is 66.6 Å². The average Bonchev–Trinajstić information content (AvgIpc) is 1.99. The number of nitrogens with two attached hydrogens (primary N) is 1. The number of hydrogen-bond donors (Lipinski definition) is 2. The maximum Gasteiger partial charge on any atom is 0.406 e. The molecule has 7 heteroatoms. The van der Waals surface area contributed by atoms with E-state index in [1.54, 1.807) is 0 Å². The second-order valence-electron chi connectivity index (χ2n) is 2.89. The number of carbonyl (C=O) groups excluding carboxylic acids is 1. The lowest BCUT2D eigenvalue weighted by atomic mass is 10.3. The number of alkyl halides is 3. The highest BCUT2D eigenvalue weighted by Crippen LogP contribution is 2.16. The Morgan fingerprint density at radius 2 is 2.07 bits per heavy atom. The van der Waals surface area contributed by atoms with Gasteiger partial charge >= 0.3 is 6.18 Å². The molecule has 0 spiro atoms. The van der Waals surface area contributed by atoms with Crippen LogP contribution in [0, 0.1) is 0 Å². The quantitative estimate of drug-likeness (QED) is 0.676. The average molecular weight is 214 g/mol. The molecule has 1 atom stereocenters. The number of nitrogens with zero attached hydrogens (tertiary/aromatic N) is 1. The third kappa shape index (κ3) is 5.03. The summed E-state index contributed by atoms with van der Waals surface area (Å²) in [6, 6.07) is -0.996. The summed E-state index contributed by atoms with van der Waals surface area (Å²) >= 11 is 0. The maximum atomic E-state index is 11.9. The van der Waals surface area contributed by atoms with Gasteiger partial charge in [0.05, 0.1) is 12.6 Å². The van der Waals surface area contributed by atoms with E-state index in [0.717, 1.165) is 0 Å². The van der Waals surface area contributed by atoms with Crippen molar-refractivity contribution < 1.29 is 23.1 Å². The number of halogens is 3. The number of aliphatic hydroxyl groups is 1. The molecule has 0 aliphatic carbocycles. The lowest BCUT2D eigenvalue weighted by Gasteiger charge is -2.24. The Bertz CT molecular complexity index is 194. The highest BCUT2D eigenvalue weighted by molar-refractivity contribution is 5.81. The third-order valence-corrected chi connectivity index (χ3v) is 1.44. The van der Waals surface area contributed by atoms with Crippen molar-refractivity contribution in [3.63, 3.8) is 0 Å². The Kier molecular flexibility index (Phi) is 4.86. The first kappa shape index (κ1) is 13.2. The van der Waals surface area contributed by atoms with Crippen LogP contribution < -0.4 is 5.73 Å². The van der Waals surface area contributed by atoms with Gasteiger partial charge in [-0.1, -0.05) is 0 Å². The molecule has 0 bridgehead atoms. The van der Waals surface area contributed by atoms with Crippen molar-refractivity contribution in [3.05, 3.63) is 0 Å². The lowest BCUT2D eigenvalue weighted by molar-refractivity contribution is -0.162. The molecule has 0 saturated carbocycles. The summed E-state index contributed by atoms with van der Waals surface area (Å²) in [6.45, 7) is -0.967. The van der Waals surface area contributed by atoms with Crippen LogP contribution in [0.5, 0.6) is 0 Å². The molecule has 0 saturated heterocycles. The summed E-state index contributed by atoms with van der Waals surface area (Å²) in [6.07, 6.45) is -4.47. The number of amides is 1. The highest BCUT2D eigenvalue weighted by atomic mass is 19.4. The van der Waals surface area contributed by atoms with Gasteiger partial charge in [0.15, 0.2) is 0 Å². The van der Waals surface area contributed by atoms with Crippen molar-refractivity contribution in [1.29, 1.82) is 0 Å². The van der Waals surface area contributed by atoms with Gasteiger partial charge in [-0.2, -0.15) is 13.2 Å². The van der Waals surface area contributed by atoms with Crippen LogP contribution in [0.25, 0.3) is 0 Å². The molecule has 0 aromatic rings. The molecule has 1 unspecified atom stereocenters. The molecular weight excluding hydrogens is 201 g/mol. The highest BCUT2D eigenvalue weighted by Gasteiger charge is 2.33. The largest absolute Gasteiger partial charge is 0.406 e. The van der Waals surface area contributed by atoms with Gasteiger partial charge in [0.1, 0.15) is 6.54 Å². The fourth-order valence-corrected chi connectivity index (χ4v) is 0.892. The van der Waals surface area contributed by atoms with Crippen molar-refractivity contribution in [1.82, 2.24) is 4.90 Å². The molecule has 84 valence electrons. The van der Waals surface area contributed by atoms with Crippen molar-refractivity contribution in [2.75, 3.05) is 19.7 Å². The zero-order chi connectivity index (χ0) is 11.4. The fourth-order valence-electron chi connectivity index (χ4n) is 0.892. The van der Waals surface area contributed by atoms with Crippen LogP contribution in [0.3, 0.4) is 0 Å². The van der Waals surface area contributed by atoms with E-state index in [0.29, 0.717) is 4.90 Å². The Morgan fingerprint density at radius 1 is 1.57 bits per heavy atom. The minimum Gasteiger partial charge on any atom is -0.395 e. The monoisotopic (exact) mass is 214 g/mol. The summed E-state index contributed by atoms with van der Waals surface area (Å²) in [5.74, 6) is -0.823. The summed E-state index contributed by atoms with van der Waals surface area (Å²) in [4.78, 5) is 11.6. The summed E-state index contributed by atoms with van der Waals surface area (Å²) in [7, 11) is 0. The normalized spacial score (nSPS) is 13.9. The van der Waals surface area contributed by atoms with Gasteiger partial charge in [0, 0.05) is 6.54 Å². The number of hydrogen-bond acceptors (Lipinski definition) is 3. The van der Waals surface area contributed by atoms with Crippen LogP contribution in [0.4, 0.5) is 13.2 Å². The van der Waals surface area contributed by atoms with Crippen LogP contribution in [0.1, 0.15) is 6.92 Å². The van der Waals surface area contributed by atoms with Gasteiger partial charge in [-0.15, -0.1) is 0 Å². The van der Waals surface area contributed by atoms with E-state index >= 15 is 0 Å². The molecular formula is C7H13F3N2O2. The van der Waals surface area contributed by atoms with Gasteiger partial charge in [-0.25, -0.2) is 0 Å². The molecule has 0 heterocycles. The van der Waals surface area contributed by atoms with Crippen molar-refractivity contribution in [2.24, 2.45) is 5.73 Å². The Morgan fingerprint density at radius 3 is 2.36 bits per heavy atom. The van der Waals surface area contributed by atoms with E-state index in [4.69, 9.17) is 10.8 Å². The fraction of sp³-hybridized carbons (Fsp3) is 0.857. The molecule has 0 aromatic carbocycles. The zero-order valence-corrected chi connectivity index (χ0v) is 7.71. The maximum absolute atomic E-state index is 11.9. The predicted molar refractivity (Wildman–Crippen MR) is 43.4 cm³/mol. The van der Waals surface area contributed by atoms with E-state index in [-0.39, 0.29) is 6.54 Å². The van der Waals surface area contributed by atoms with Crippen LogP contribution in [-0.4, -0.2) is 47.8 Å². The minimum absolute atomic E-state index is 0.361. The van der Waals surface area contributed by atoms with Gasteiger partial charge in [0.2, 0.25) is 5.91 Å². The molecule has 3 N–H and O–H groups in total. The summed E-state index contributed by atoms with van der Waals surface area (Å²) in [5.41, 5.74) is 5.15. The molecule has 1 amide bonds. The standard InChI is InChI=1S/C7H13F3N2O2/c1-5(11)6(14)12(2-3-13)4-7(8,9)10/h5,13H,2-4,11H2,1H3. The molecule has 0 aliphatic heterocycles. The Balaban J connectivity index is 4.36. The number of aliphatic hydroxyl groups excluding tert-OH is 1. The first-order valence-corrected chi connectivity index (χ1v) is 4.00. The first-order valence-electron chi connectivity index (χ1n) is 4.00. The van der Waals surface area contributed by atoms with Crippen LogP contribution in [0.15, 0.2) is 0 Å². The number of rotatable bonds is 4. The van der Waals surface area contributed by atoms with Gasteiger partial charge in [0.25, 0.3) is 0 Å². The smallest absolute Gasteiger partial charge is 0.395 e. The molecule has 0 rings (SSSR count). The van der Waals surface area contributed by atoms with Crippen molar-refractivity contribution in [2.45, 2.75) is 19.1 Å². The SMILES string of the molecule is CC(N)C(=O)N(CCO)CC(F)(F)F. The van der Waals surface area contributed by atoms with Crippen LogP contribution >= 0.6 is 0 Å². The second kappa shape index (κ2) is 5.16. The van der Waals surface area contributed by atoms with Gasteiger partial charge < -0.3 is 15.7 Å². The molecule has 4 nitrogen and oxygen atoms in total.